The van der Waals surface area contributed by atoms with Crippen LogP contribution in [0.3, 0.4) is 0 Å². The first kappa shape index (κ1) is 21.9. The van der Waals surface area contributed by atoms with Crippen molar-refractivity contribution in [2.24, 2.45) is 0 Å². The van der Waals surface area contributed by atoms with Crippen molar-refractivity contribution in [2.45, 2.75) is 38.5 Å². The highest BCUT2D eigenvalue weighted by Gasteiger charge is 2.20. The summed E-state index contributed by atoms with van der Waals surface area (Å²) in [6, 6.07) is 7.86. The maximum atomic E-state index is 12.4. The van der Waals surface area contributed by atoms with Crippen LogP contribution in [0.15, 0.2) is 35.2 Å². The second-order valence-electron chi connectivity index (χ2n) is 6.99. The lowest BCUT2D eigenvalue weighted by atomic mass is 10.1. The fraction of sp³-hybridized carbons (Fsp3) is 0.350. The predicted octanol–water partition coefficient (Wildman–Crippen LogP) is 2.41. The zero-order valence-electron chi connectivity index (χ0n) is 17.6. The fourth-order valence-corrected chi connectivity index (χ4v) is 4.19. The molecular weight excluding hydrogens is 406 g/mol. The summed E-state index contributed by atoms with van der Waals surface area (Å²) in [5.74, 6) is -0.171. The molecule has 0 atom stereocenters. The van der Waals surface area contributed by atoms with E-state index in [4.69, 9.17) is 4.84 Å². The monoisotopic (exact) mass is 431 g/mol. The summed E-state index contributed by atoms with van der Waals surface area (Å²) in [7, 11) is -1.14. The number of hydrogen-bond donors (Lipinski definition) is 1. The summed E-state index contributed by atoms with van der Waals surface area (Å²) < 4.78 is 27.0. The van der Waals surface area contributed by atoms with E-state index in [1.165, 1.54) is 26.3 Å². The van der Waals surface area contributed by atoms with Crippen LogP contribution in [0.1, 0.15) is 29.1 Å². The van der Waals surface area contributed by atoms with Crippen LogP contribution in [0.25, 0.3) is 5.65 Å². The molecule has 1 N–H and O–H groups in total. The summed E-state index contributed by atoms with van der Waals surface area (Å²) in [5, 5.41) is 7.24. The molecule has 0 aliphatic carbocycles. The minimum Gasteiger partial charge on any atom is -0.326 e. The number of sulfonamides is 1. The summed E-state index contributed by atoms with van der Waals surface area (Å²) in [5.41, 5.74) is 5.04. The first-order chi connectivity index (χ1) is 14.1. The average Bonchev–Trinajstić information content (AvgIpc) is 3.07. The zero-order chi connectivity index (χ0) is 22.1. The number of benzene rings is 1. The van der Waals surface area contributed by atoms with Crippen molar-refractivity contribution < 1.29 is 18.0 Å². The van der Waals surface area contributed by atoms with Gasteiger partial charge in [-0.15, -0.1) is 0 Å². The molecule has 160 valence electrons. The quantitative estimate of drug-likeness (QED) is 0.576. The maximum absolute atomic E-state index is 12.4. The summed E-state index contributed by atoms with van der Waals surface area (Å²) in [6.07, 6.45) is 0.790. The number of aryl methyl sites for hydroxylation is 3. The molecule has 0 spiro atoms. The Morgan fingerprint density at radius 3 is 2.50 bits per heavy atom. The third-order valence-electron chi connectivity index (χ3n) is 4.92. The van der Waals surface area contributed by atoms with Crippen LogP contribution in [0.5, 0.6) is 0 Å². The molecule has 0 fully saturated rings. The van der Waals surface area contributed by atoms with E-state index in [9.17, 15) is 13.2 Å². The van der Waals surface area contributed by atoms with Crippen LogP contribution in [-0.2, 0) is 26.1 Å². The Balaban J connectivity index is 1.67. The van der Waals surface area contributed by atoms with Gasteiger partial charge in [0.1, 0.15) is 0 Å². The lowest BCUT2D eigenvalue weighted by molar-refractivity contribution is -0.116. The molecule has 0 bridgehead atoms. The van der Waals surface area contributed by atoms with Crippen molar-refractivity contribution >= 4 is 27.3 Å². The largest absolute Gasteiger partial charge is 0.326 e. The van der Waals surface area contributed by atoms with Crippen molar-refractivity contribution in [1.29, 1.82) is 0 Å². The van der Waals surface area contributed by atoms with E-state index >= 15 is 0 Å². The van der Waals surface area contributed by atoms with Gasteiger partial charge in [-0.2, -0.15) is 5.10 Å². The van der Waals surface area contributed by atoms with Gasteiger partial charge in [0.2, 0.25) is 5.91 Å². The van der Waals surface area contributed by atoms with Crippen molar-refractivity contribution in [1.82, 2.24) is 19.1 Å². The van der Waals surface area contributed by atoms with Crippen LogP contribution in [-0.4, -0.2) is 47.5 Å². The number of hydrogen-bond acceptors (Lipinski definition) is 6. The van der Waals surface area contributed by atoms with E-state index in [1.807, 2.05) is 26.8 Å². The third-order valence-corrected chi connectivity index (χ3v) is 6.61. The average molecular weight is 432 g/mol. The summed E-state index contributed by atoms with van der Waals surface area (Å²) in [6.45, 7) is 5.82. The van der Waals surface area contributed by atoms with E-state index in [0.717, 1.165) is 32.8 Å². The van der Waals surface area contributed by atoms with E-state index in [0.29, 0.717) is 12.1 Å². The van der Waals surface area contributed by atoms with Gasteiger partial charge in [-0.25, -0.2) is 17.9 Å². The molecule has 0 saturated carbocycles. The SMILES string of the molecule is CON(C)S(=O)(=O)c1ccc(NC(=O)CCc2c(C)nc3cc(C)nn3c2C)cc1. The molecule has 0 aliphatic heterocycles. The highest BCUT2D eigenvalue weighted by molar-refractivity contribution is 7.89. The molecule has 1 aromatic carbocycles. The van der Waals surface area contributed by atoms with E-state index in [1.54, 1.807) is 16.6 Å². The smallest absolute Gasteiger partial charge is 0.264 e. The highest BCUT2D eigenvalue weighted by Crippen LogP contribution is 2.19. The zero-order valence-corrected chi connectivity index (χ0v) is 18.4. The molecule has 1 amide bonds. The Morgan fingerprint density at radius 1 is 1.20 bits per heavy atom. The van der Waals surface area contributed by atoms with Gasteiger partial charge in [-0.05, 0) is 57.0 Å². The Labute approximate surface area is 175 Å². The molecule has 2 heterocycles. The third kappa shape index (κ3) is 4.35. The van der Waals surface area contributed by atoms with Crippen LogP contribution < -0.4 is 5.32 Å². The number of anilines is 1. The number of aromatic nitrogens is 3. The summed E-state index contributed by atoms with van der Waals surface area (Å²) >= 11 is 0. The molecular formula is C20H25N5O4S. The lowest BCUT2D eigenvalue weighted by Crippen LogP contribution is -2.25. The molecule has 10 heteroatoms. The van der Waals surface area contributed by atoms with Gasteiger partial charge in [0.15, 0.2) is 5.65 Å². The molecule has 3 rings (SSSR count). The topological polar surface area (TPSA) is 106 Å². The van der Waals surface area contributed by atoms with Crippen molar-refractivity contribution in [3.63, 3.8) is 0 Å². The number of nitrogens with one attached hydrogen (secondary N) is 1. The van der Waals surface area contributed by atoms with Gasteiger partial charge >= 0.3 is 0 Å². The number of carbonyl (C=O) groups excluding carboxylic acids is 1. The first-order valence-electron chi connectivity index (χ1n) is 9.39. The summed E-state index contributed by atoms with van der Waals surface area (Å²) in [4.78, 5) is 21.8. The molecule has 0 unspecified atom stereocenters. The van der Waals surface area contributed by atoms with Gasteiger partial charge in [0, 0.05) is 36.6 Å². The highest BCUT2D eigenvalue weighted by atomic mass is 32.2. The Morgan fingerprint density at radius 2 is 1.87 bits per heavy atom. The Bertz CT molecular complexity index is 1190. The number of nitrogens with zero attached hydrogens (tertiary/aromatic N) is 4. The second-order valence-corrected chi connectivity index (χ2v) is 8.92. The van der Waals surface area contributed by atoms with Crippen LogP contribution >= 0.6 is 0 Å². The number of amides is 1. The van der Waals surface area contributed by atoms with Gasteiger partial charge in [0.25, 0.3) is 10.0 Å². The van der Waals surface area contributed by atoms with Crippen LogP contribution in [0, 0.1) is 20.8 Å². The minimum atomic E-state index is -3.72. The molecule has 9 nitrogen and oxygen atoms in total. The Hall–Kier alpha value is -2.82. The van der Waals surface area contributed by atoms with Crippen LogP contribution in [0.2, 0.25) is 0 Å². The number of carbonyl (C=O) groups is 1. The number of rotatable bonds is 7. The molecule has 0 radical (unpaired) electrons. The van der Waals surface area contributed by atoms with Gasteiger partial charge in [-0.3, -0.25) is 9.63 Å². The van der Waals surface area contributed by atoms with Crippen molar-refractivity contribution in [2.75, 3.05) is 19.5 Å². The minimum absolute atomic E-state index is 0.0741. The molecule has 0 aliphatic rings. The van der Waals surface area contributed by atoms with E-state index < -0.39 is 10.0 Å². The molecule has 3 aromatic rings. The van der Waals surface area contributed by atoms with Crippen molar-refractivity contribution in [3.8, 4) is 0 Å². The van der Waals surface area contributed by atoms with Gasteiger partial charge in [0.05, 0.1) is 17.7 Å². The first-order valence-corrected chi connectivity index (χ1v) is 10.8. The normalized spacial score (nSPS) is 11.9. The van der Waals surface area contributed by atoms with E-state index in [2.05, 4.69) is 15.4 Å². The van der Waals surface area contributed by atoms with Crippen LogP contribution in [0.4, 0.5) is 5.69 Å². The lowest BCUT2D eigenvalue weighted by Gasteiger charge is -2.14. The van der Waals surface area contributed by atoms with Crippen molar-refractivity contribution in [3.05, 3.63) is 53.0 Å². The molecule has 30 heavy (non-hydrogen) atoms. The number of fused-ring (bicyclic) bond motifs is 1. The number of hydroxylamine groups is 1. The molecule has 2 aromatic heterocycles. The fourth-order valence-electron chi connectivity index (χ4n) is 3.22. The van der Waals surface area contributed by atoms with Gasteiger partial charge in [-0.1, -0.05) is 4.47 Å². The second kappa shape index (κ2) is 8.50. The maximum Gasteiger partial charge on any atom is 0.264 e. The predicted molar refractivity (Wildman–Crippen MR) is 113 cm³/mol. The Kier molecular flexibility index (Phi) is 6.20. The van der Waals surface area contributed by atoms with Gasteiger partial charge < -0.3 is 5.32 Å². The van der Waals surface area contributed by atoms with E-state index in [-0.39, 0.29) is 17.2 Å². The standard InChI is InChI=1S/C20H25N5O4S/c1-13-12-19-21-14(2)18(15(3)25(19)23-13)10-11-20(26)22-16-6-8-17(9-7-16)30(27,28)24(4)29-5/h6-9,12H,10-11H2,1-5H3,(H,22,26). The molecule has 0 saturated heterocycles.